The van der Waals surface area contributed by atoms with Crippen molar-refractivity contribution >= 4 is 0 Å². The van der Waals surface area contributed by atoms with Crippen molar-refractivity contribution < 1.29 is 0 Å². The minimum absolute atomic E-state index is 0.190. The van der Waals surface area contributed by atoms with Crippen molar-refractivity contribution in [2.45, 2.75) is 47.1 Å². The van der Waals surface area contributed by atoms with E-state index in [-0.39, 0.29) is 6.04 Å². The van der Waals surface area contributed by atoms with Crippen molar-refractivity contribution in [2.75, 3.05) is 0 Å². The van der Waals surface area contributed by atoms with E-state index in [0.717, 1.165) is 12.0 Å². The summed E-state index contributed by atoms with van der Waals surface area (Å²) in [6.45, 7) is 14.2. The second-order valence-electron chi connectivity index (χ2n) is 2.78. The zero-order valence-corrected chi connectivity index (χ0v) is 8.65. The van der Waals surface area contributed by atoms with Gasteiger partial charge in [0.05, 0.1) is 0 Å². The van der Waals surface area contributed by atoms with Crippen LogP contribution in [0.1, 0.15) is 41.0 Å². The van der Waals surface area contributed by atoms with Crippen LogP contribution in [-0.4, -0.2) is 6.04 Å². The van der Waals surface area contributed by atoms with Crippen molar-refractivity contribution in [3.8, 4) is 0 Å². The zero-order valence-electron chi connectivity index (χ0n) is 8.65. The number of nitrogens with two attached hydrogens (primary N) is 1. The lowest BCUT2D eigenvalue weighted by atomic mass is 9.97. The summed E-state index contributed by atoms with van der Waals surface area (Å²) >= 11 is 0. The number of rotatable bonds is 3. The Kier molecular flexibility index (Phi) is 9.44. The van der Waals surface area contributed by atoms with Crippen molar-refractivity contribution in [1.82, 2.24) is 0 Å². The first-order valence-electron chi connectivity index (χ1n) is 4.52. The van der Waals surface area contributed by atoms with E-state index in [0.29, 0.717) is 5.92 Å². The van der Waals surface area contributed by atoms with E-state index in [1.165, 1.54) is 0 Å². The molecule has 1 unspecified atom stereocenters. The molecule has 0 amide bonds. The maximum absolute atomic E-state index is 5.77. The summed E-state index contributed by atoms with van der Waals surface area (Å²) in [7, 11) is 0. The molecule has 11 heavy (non-hydrogen) atoms. The average molecular weight is 157 g/mol. The van der Waals surface area contributed by atoms with Crippen molar-refractivity contribution in [3.05, 3.63) is 12.2 Å². The lowest BCUT2D eigenvalue weighted by molar-refractivity contribution is 0.539. The molecule has 0 heterocycles. The normalized spacial score (nSPS) is 11.9. The van der Waals surface area contributed by atoms with Gasteiger partial charge in [0.15, 0.2) is 0 Å². The maximum Gasteiger partial charge on any atom is 0.0274 e. The van der Waals surface area contributed by atoms with Gasteiger partial charge in [0.2, 0.25) is 0 Å². The smallest absolute Gasteiger partial charge is 0.0274 e. The van der Waals surface area contributed by atoms with Gasteiger partial charge in [-0.1, -0.05) is 46.8 Å². The Balaban J connectivity index is 0. The molecular weight excluding hydrogens is 134 g/mol. The summed E-state index contributed by atoms with van der Waals surface area (Å²) in [4.78, 5) is 0. The van der Waals surface area contributed by atoms with E-state index in [9.17, 15) is 0 Å². The molecule has 68 valence electrons. The summed E-state index contributed by atoms with van der Waals surface area (Å²) in [5, 5.41) is 0. The van der Waals surface area contributed by atoms with Gasteiger partial charge >= 0.3 is 0 Å². The van der Waals surface area contributed by atoms with Gasteiger partial charge in [-0.05, 0) is 12.3 Å². The molecule has 0 rings (SSSR count). The summed E-state index contributed by atoms with van der Waals surface area (Å²) in [6, 6.07) is 0.190. The molecule has 0 saturated carbocycles. The summed E-state index contributed by atoms with van der Waals surface area (Å²) < 4.78 is 0. The summed E-state index contributed by atoms with van der Waals surface area (Å²) in [5.41, 5.74) is 6.93. The molecule has 2 N–H and O–H groups in total. The van der Waals surface area contributed by atoms with Crippen LogP contribution in [0.4, 0.5) is 0 Å². The summed E-state index contributed by atoms with van der Waals surface area (Å²) in [5.74, 6) is 0.525. The van der Waals surface area contributed by atoms with Crippen LogP contribution < -0.4 is 5.73 Å². The van der Waals surface area contributed by atoms with Crippen LogP contribution in [0.2, 0.25) is 0 Å². The van der Waals surface area contributed by atoms with Crippen LogP contribution >= 0.6 is 0 Å². The van der Waals surface area contributed by atoms with E-state index in [1.807, 2.05) is 13.8 Å². The molecular formula is C10H23N. The molecule has 0 aromatic carbocycles. The predicted octanol–water partition coefficient (Wildman–Crippen LogP) is 2.96. The van der Waals surface area contributed by atoms with E-state index < -0.39 is 0 Å². The molecule has 1 heteroatoms. The van der Waals surface area contributed by atoms with Gasteiger partial charge in [-0.15, -0.1) is 0 Å². The van der Waals surface area contributed by atoms with Crippen LogP contribution in [0.25, 0.3) is 0 Å². The molecule has 0 aliphatic carbocycles. The van der Waals surface area contributed by atoms with Crippen molar-refractivity contribution in [3.63, 3.8) is 0 Å². The SMILES string of the molecule is C=C(CC)C(N)C(C)C.CC. The van der Waals surface area contributed by atoms with Gasteiger partial charge in [0, 0.05) is 6.04 Å². The van der Waals surface area contributed by atoms with Crippen LogP contribution in [0.5, 0.6) is 0 Å². The van der Waals surface area contributed by atoms with E-state index in [1.54, 1.807) is 0 Å². The van der Waals surface area contributed by atoms with Crippen molar-refractivity contribution in [2.24, 2.45) is 11.7 Å². The van der Waals surface area contributed by atoms with Gasteiger partial charge in [-0.3, -0.25) is 0 Å². The Morgan fingerprint density at radius 1 is 1.36 bits per heavy atom. The van der Waals surface area contributed by atoms with Gasteiger partial charge in [-0.25, -0.2) is 0 Å². The molecule has 0 radical (unpaired) electrons. The minimum atomic E-state index is 0.190. The predicted molar refractivity (Wildman–Crippen MR) is 53.6 cm³/mol. The molecule has 1 nitrogen and oxygen atoms in total. The highest BCUT2D eigenvalue weighted by molar-refractivity contribution is 5.04. The van der Waals surface area contributed by atoms with Gasteiger partial charge < -0.3 is 5.73 Å². The minimum Gasteiger partial charge on any atom is -0.324 e. The Labute approximate surface area is 71.7 Å². The fourth-order valence-electron chi connectivity index (χ4n) is 0.707. The standard InChI is InChI=1S/C8H17N.C2H6/c1-5-7(4)8(9)6(2)3;1-2/h6,8H,4-5,9H2,1-3H3;1-2H3. The van der Waals surface area contributed by atoms with Crippen LogP contribution in [0, 0.1) is 5.92 Å². The summed E-state index contributed by atoms with van der Waals surface area (Å²) in [6.07, 6.45) is 0.999. The molecule has 1 atom stereocenters. The third-order valence-electron chi connectivity index (χ3n) is 1.64. The number of hydrogen-bond acceptors (Lipinski definition) is 1. The third kappa shape index (κ3) is 6.11. The largest absolute Gasteiger partial charge is 0.324 e. The fourth-order valence-corrected chi connectivity index (χ4v) is 0.707. The average Bonchev–Trinajstić information content (AvgIpc) is 2.05. The van der Waals surface area contributed by atoms with E-state index >= 15 is 0 Å². The highest BCUT2D eigenvalue weighted by Crippen LogP contribution is 2.09. The molecule has 0 aliphatic heterocycles. The lowest BCUT2D eigenvalue weighted by Gasteiger charge is -2.16. The van der Waals surface area contributed by atoms with Gasteiger partial charge in [-0.2, -0.15) is 0 Å². The highest BCUT2D eigenvalue weighted by Gasteiger charge is 2.08. The van der Waals surface area contributed by atoms with E-state index in [4.69, 9.17) is 5.73 Å². The second-order valence-corrected chi connectivity index (χ2v) is 2.78. The maximum atomic E-state index is 5.77. The lowest BCUT2D eigenvalue weighted by Crippen LogP contribution is -2.27. The van der Waals surface area contributed by atoms with Gasteiger partial charge in [0.25, 0.3) is 0 Å². The zero-order chi connectivity index (χ0) is 9.44. The van der Waals surface area contributed by atoms with Crippen LogP contribution in [0.3, 0.4) is 0 Å². The van der Waals surface area contributed by atoms with E-state index in [2.05, 4.69) is 27.4 Å². The molecule has 0 saturated heterocycles. The molecule has 0 aliphatic rings. The third-order valence-corrected chi connectivity index (χ3v) is 1.64. The topological polar surface area (TPSA) is 26.0 Å². The Morgan fingerprint density at radius 2 is 1.73 bits per heavy atom. The Morgan fingerprint density at radius 3 is 1.82 bits per heavy atom. The molecule has 0 aromatic rings. The monoisotopic (exact) mass is 157 g/mol. The molecule has 0 fully saturated rings. The van der Waals surface area contributed by atoms with Crippen molar-refractivity contribution in [1.29, 1.82) is 0 Å². The van der Waals surface area contributed by atoms with Crippen LogP contribution in [-0.2, 0) is 0 Å². The second kappa shape index (κ2) is 7.80. The highest BCUT2D eigenvalue weighted by atomic mass is 14.6. The van der Waals surface area contributed by atoms with Crippen LogP contribution in [0.15, 0.2) is 12.2 Å². The first-order chi connectivity index (χ1) is 5.09. The first-order valence-corrected chi connectivity index (χ1v) is 4.52. The Hall–Kier alpha value is -0.300. The molecule has 0 aromatic heterocycles. The molecule has 0 spiro atoms. The molecule has 0 bridgehead atoms. The fraction of sp³-hybridized carbons (Fsp3) is 0.800. The van der Waals surface area contributed by atoms with Gasteiger partial charge in [0.1, 0.15) is 0 Å². The quantitative estimate of drug-likeness (QED) is 0.626. The Bertz CT molecular complexity index is 95.0. The first kappa shape index (κ1) is 13.3. The number of hydrogen-bond donors (Lipinski definition) is 1.